The van der Waals surface area contributed by atoms with Gasteiger partial charge < -0.3 is 5.32 Å². The Bertz CT molecular complexity index is 537. The molecule has 94 valence electrons. The highest BCUT2D eigenvalue weighted by Gasteiger charge is 2.06. The third-order valence-electron chi connectivity index (χ3n) is 2.27. The lowest BCUT2D eigenvalue weighted by molar-refractivity contribution is 0.0953. The number of aromatic nitrogens is 4. The molecular weight excluding hydrogens is 298 g/mol. The van der Waals surface area contributed by atoms with E-state index in [1.165, 1.54) is 6.20 Å². The maximum atomic E-state index is 11.7. The lowest BCUT2D eigenvalue weighted by Gasteiger charge is -2.03. The molecule has 0 aliphatic carbocycles. The van der Waals surface area contributed by atoms with Gasteiger partial charge in [-0.15, -0.1) is 0 Å². The van der Waals surface area contributed by atoms with Crippen molar-refractivity contribution in [3.8, 4) is 0 Å². The Morgan fingerprint density at radius 1 is 1.44 bits per heavy atom. The molecule has 1 N–H and O–H groups in total. The summed E-state index contributed by atoms with van der Waals surface area (Å²) in [7, 11) is 1.81. The van der Waals surface area contributed by atoms with Crippen molar-refractivity contribution in [2.24, 2.45) is 7.05 Å². The zero-order valence-corrected chi connectivity index (χ0v) is 11.4. The summed E-state index contributed by atoms with van der Waals surface area (Å²) >= 11 is 3.22. The molecule has 7 heteroatoms. The first kappa shape index (κ1) is 12.7. The zero-order chi connectivity index (χ0) is 13.0. The molecule has 6 nitrogen and oxygen atoms in total. The molecular formula is C11H12BrN5O. The van der Waals surface area contributed by atoms with Gasteiger partial charge in [0, 0.05) is 26.2 Å². The van der Waals surface area contributed by atoms with Crippen LogP contribution < -0.4 is 5.32 Å². The summed E-state index contributed by atoms with van der Waals surface area (Å²) in [5.41, 5.74) is 0.534. The van der Waals surface area contributed by atoms with Crippen molar-refractivity contribution in [2.75, 3.05) is 6.54 Å². The highest BCUT2D eigenvalue weighted by Crippen LogP contribution is 2.05. The van der Waals surface area contributed by atoms with Gasteiger partial charge in [-0.2, -0.15) is 5.10 Å². The number of amides is 1. The molecule has 2 aromatic rings. The Kier molecular flexibility index (Phi) is 4.03. The van der Waals surface area contributed by atoms with Gasteiger partial charge in [0.25, 0.3) is 5.91 Å². The molecule has 2 aromatic heterocycles. The van der Waals surface area contributed by atoms with Gasteiger partial charge in [-0.1, -0.05) is 0 Å². The van der Waals surface area contributed by atoms with Gasteiger partial charge in [-0.05, 0) is 28.1 Å². The number of nitrogens with one attached hydrogen (secondary N) is 1. The minimum atomic E-state index is -0.147. The third-order valence-corrected chi connectivity index (χ3v) is 2.74. The second-order valence-corrected chi connectivity index (χ2v) is 4.52. The number of rotatable bonds is 4. The van der Waals surface area contributed by atoms with Crippen molar-refractivity contribution >= 4 is 21.8 Å². The van der Waals surface area contributed by atoms with Gasteiger partial charge in [-0.25, -0.2) is 9.97 Å². The topological polar surface area (TPSA) is 72.7 Å². The summed E-state index contributed by atoms with van der Waals surface area (Å²) in [6.07, 6.45) is 3.77. The van der Waals surface area contributed by atoms with Crippen molar-refractivity contribution in [1.29, 1.82) is 0 Å². The van der Waals surface area contributed by atoms with Crippen molar-refractivity contribution in [3.05, 3.63) is 40.6 Å². The zero-order valence-electron chi connectivity index (χ0n) is 9.80. The number of aryl methyl sites for hydroxylation is 1. The summed E-state index contributed by atoms with van der Waals surface area (Å²) in [6.45, 7) is 0.499. The van der Waals surface area contributed by atoms with Crippen LogP contribution in [0.3, 0.4) is 0 Å². The number of hydrogen-bond acceptors (Lipinski definition) is 4. The molecule has 1 amide bonds. The number of hydrogen-bond donors (Lipinski definition) is 1. The first-order valence-electron chi connectivity index (χ1n) is 5.39. The van der Waals surface area contributed by atoms with E-state index in [1.54, 1.807) is 23.1 Å². The van der Waals surface area contributed by atoms with E-state index in [9.17, 15) is 4.79 Å². The van der Waals surface area contributed by atoms with E-state index in [4.69, 9.17) is 0 Å². The number of pyridine rings is 1. The molecule has 18 heavy (non-hydrogen) atoms. The number of nitrogens with zero attached hydrogens (tertiary/aromatic N) is 4. The molecule has 0 spiro atoms. The maximum Gasteiger partial charge on any atom is 0.252 e. The van der Waals surface area contributed by atoms with Gasteiger partial charge in [-0.3, -0.25) is 9.48 Å². The van der Waals surface area contributed by atoms with Crippen LogP contribution in [0.5, 0.6) is 0 Å². The summed E-state index contributed by atoms with van der Waals surface area (Å²) in [5, 5.41) is 6.92. The van der Waals surface area contributed by atoms with Crippen molar-refractivity contribution < 1.29 is 4.79 Å². The Morgan fingerprint density at radius 3 is 2.89 bits per heavy atom. The minimum absolute atomic E-state index is 0.147. The lowest BCUT2D eigenvalue weighted by atomic mass is 10.2. The molecule has 0 aromatic carbocycles. The monoisotopic (exact) mass is 309 g/mol. The van der Waals surface area contributed by atoms with Crippen LogP contribution in [0.4, 0.5) is 0 Å². The van der Waals surface area contributed by atoms with Gasteiger partial charge in [0.15, 0.2) is 5.82 Å². The standard InChI is InChI=1S/C11H12BrN5O/c1-17-7-15-10(16-17)4-5-13-11(18)8-2-3-9(12)14-6-8/h2-3,6-7H,4-5H2,1H3,(H,13,18). The van der Waals surface area contributed by atoms with Gasteiger partial charge in [0.1, 0.15) is 10.9 Å². The largest absolute Gasteiger partial charge is 0.352 e. The average molecular weight is 310 g/mol. The van der Waals surface area contributed by atoms with E-state index in [0.717, 1.165) is 0 Å². The summed E-state index contributed by atoms with van der Waals surface area (Å²) in [4.78, 5) is 19.8. The van der Waals surface area contributed by atoms with Crippen LogP contribution in [0, 0.1) is 0 Å². The number of halogens is 1. The Hall–Kier alpha value is -1.76. The Labute approximate surface area is 113 Å². The van der Waals surface area contributed by atoms with Crippen LogP contribution in [0.15, 0.2) is 29.3 Å². The van der Waals surface area contributed by atoms with Crippen molar-refractivity contribution in [1.82, 2.24) is 25.1 Å². The van der Waals surface area contributed by atoms with Crippen LogP contribution in [-0.2, 0) is 13.5 Å². The van der Waals surface area contributed by atoms with Gasteiger partial charge in [0.05, 0.1) is 5.56 Å². The highest BCUT2D eigenvalue weighted by molar-refractivity contribution is 9.10. The predicted molar refractivity (Wildman–Crippen MR) is 69.0 cm³/mol. The normalized spacial score (nSPS) is 10.3. The third kappa shape index (κ3) is 3.36. The second-order valence-electron chi connectivity index (χ2n) is 3.71. The molecule has 0 radical (unpaired) electrons. The molecule has 0 atom stereocenters. The minimum Gasteiger partial charge on any atom is -0.352 e. The molecule has 0 fully saturated rings. The smallest absolute Gasteiger partial charge is 0.252 e. The molecule has 0 saturated heterocycles. The van der Waals surface area contributed by atoms with E-state index < -0.39 is 0 Å². The summed E-state index contributed by atoms with van der Waals surface area (Å²) in [6, 6.07) is 3.45. The molecule has 0 bridgehead atoms. The Morgan fingerprint density at radius 2 is 2.28 bits per heavy atom. The van der Waals surface area contributed by atoms with Crippen molar-refractivity contribution in [3.63, 3.8) is 0 Å². The van der Waals surface area contributed by atoms with Gasteiger partial charge in [0.2, 0.25) is 0 Å². The fraction of sp³-hybridized carbons (Fsp3) is 0.273. The maximum absolute atomic E-state index is 11.7. The summed E-state index contributed by atoms with van der Waals surface area (Å²) < 4.78 is 2.34. The molecule has 0 aliphatic rings. The van der Waals surface area contributed by atoms with Crippen LogP contribution >= 0.6 is 15.9 Å². The average Bonchev–Trinajstić information content (AvgIpc) is 2.76. The van der Waals surface area contributed by atoms with Crippen LogP contribution in [0.2, 0.25) is 0 Å². The number of carbonyl (C=O) groups excluding carboxylic acids is 1. The van der Waals surface area contributed by atoms with E-state index in [-0.39, 0.29) is 5.91 Å². The second kappa shape index (κ2) is 5.72. The van der Waals surface area contributed by atoms with Crippen LogP contribution in [0.25, 0.3) is 0 Å². The van der Waals surface area contributed by atoms with Crippen LogP contribution in [-0.4, -0.2) is 32.2 Å². The fourth-order valence-electron chi connectivity index (χ4n) is 1.40. The molecule has 2 rings (SSSR count). The Balaban J connectivity index is 1.83. The molecule has 2 heterocycles. The highest BCUT2D eigenvalue weighted by atomic mass is 79.9. The van der Waals surface area contributed by atoms with Gasteiger partial charge >= 0.3 is 0 Å². The molecule has 0 saturated carbocycles. The van der Waals surface area contributed by atoms with E-state index in [0.29, 0.717) is 29.0 Å². The summed E-state index contributed by atoms with van der Waals surface area (Å²) in [5.74, 6) is 0.567. The van der Waals surface area contributed by atoms with Crippen LogP contribution in [0.1, 0.15) is 16.2 Å². The van der Waals surface area contributed by atoms with Crippen molar-refractivity contribution in [2.45, 2.75) is 6.42 Å². The quantitative estimate of drug-likeness (QED) is 0.853. The molecule has 0 unspecified atom stereocenters. The SMILES string of the molecule is Cn1cnc(CCNC(=O)c2ccc(Br)nc2)n1. The number of carbonyl (C=O) groups is 1. The van der Waals surface area contributed by atoms with E-state index >= 15 is 0 Å². The molecule has 0 aliphatic heterocycles. The first-order chi connectivity index (χ1) is 8.65. The van der Waals surface area contributed by atoms with E-state index in [1.807, 2.05) is 7.05 Å². The first-order valence-corrected chi connectivity index (χ1v) is 6.19. The predicted octanol–water partition coefficient (Wildman–Crippen LogP) is 0.945. The van der Waals surface area contributed by atoms with E-state index in [2.05, 4.69) is 36.3 Å². The lowest BCUT2D eigenvalue weighted by Crippen LogP contribution is -2.26. The fourth-order valence-corrected chi connectivity index (χ4v) is 1.63.